The highest BCUT2D eigenvalue weighted by Gasteiger charge is 2.55. The minimum absolute atomic E-state index is 0.125. The normalized spacial score (nSPS) is 23.7. The summed E-state index contributed by atoms with van der Waals surface area (Å²) in [7, 11) is 0. The van der Waals surface area contributed by atoms with Crippen LogP contribution in [0.1, 0.15) is 36.8 Å². The highest BCUT2D eigenvalue weighted by molar-refractivity contribution is 5.99. The van der Waals surface area contributed by atoms with Gasteiger partial charge in [0, 0.05) is 26.2 Å². The van der Waals surface area contributed by atoms with E-state index in [1.54, 1.807) is 0 Å². The summed E-state index contributed by atoms with van der Waals surface area (Å²) in [5.41, 5.74) is 3.58. The molecule has 5 rings (SSSR count). The van der Waals surface area contributed by atoms with Gasteiger partial charge >= 0.3 is 0 Å². The van der Waals surface area contributed by atoms with Crippen molar-refractivity contribution in [1.29, 1.82) is 0 Å². The van der Waals surface area contributed by atoms with Crippen LogP contribution >= 0.6 is 0 Å². The SMILES string of the molecule is C=C1C(C(=O)N2CCC(Cc3ccccc3)CC2)[C@H]1C(=O)N1CCC(Cc2ccccc2)CC1. The molecule has 0 aromatic heterocycles. The number of benzene rings is 2. The summed E-state index contributed by atoms with van der Waals surface area (Å²) in [6.07, 6.45) is 6.31. The average molecular weight is 457 g/mol. The van der Waals surface area contributed by atoms with E-state index in [4.69, 9.17) is 0 Å². The molecule has 3 fully saturated rings. The van der Waals surface area contributed by atoms with Gasteiger partial charge in [-0.3, -0.25) is 9.59 Å². The van der Waals surface area contributed by atoms with Gasteiger partial charge in [-0.05, 0) is 61.5 Å². The molecule has 1 unspecified atom stereocenters. The number of nitrogens with zero attached hydrogens (tertiary/aromatic N) is 2. The van der Waals surface area contributed by atoms with Crippen LogP contribution in [-0.4, -0.2) is 47.8 Å². The molecule has 2 aromatic carbocycles. The van der Waals surface area contributed by atoms with E-state index in [0.29, 0.717) is 11.8 Å². The van der Waals surface area contributed by atoms with E-state index in [-0.39, 0.29) is 23.7 Å². The van der Waals surface area contributed by atoms with E-state index in [1.807, 2.05) is 9.80 Å². The van der Waals surface area contributed by atoms with E-state index in [2.05, 4.69) is 67.2 Å². The number of carbonyl (C=O) groups is 2. The Hall–Kier alpha value is -2.88. The van der Waals surface area contributed by atoms with Crippen LogP contribution in [0.5, 0.6) is 0 Å². The van der Waals surface area contributed by atoms with Crippen LogP contribution in [0.4, 0.5) is 0 Å². The zero-order chi connectivity index (χ0) is 23.5. The number of likely N-dealkylation sites (tertiary alicyclic amines) is 2. The van der Waals surface area contributed by atoms with Crippen LogP contribution < -0.4 is 0 Å². The molecular formula is C30H36N2O2. The highest BCUT2D eigenvalue weighted by Crippen LogP contribution is 2.47. The van der Waals surface area contributed by atoms with Crippen molar-refractivity contribution in [3.63, 3.8) is 0 Å². The summed E-state index contributed by atoms with van der Waals surface area (Å²) in [5.74, 6) is 0.924. The Labute approximate surface area is 203 Å². The maximum Gasteiger partial charge on any atom is 0.230 e. The lowest BCUT2D eigenvalue weighted by Crippen LogP contribution is -2.42. The van der Waals surface area contributed by atoms with Crippen molar-refractivity contribution >= 4 is 11.8 Å². The second-order valence-corrected chi connectivity index (χ2v) is 10.4. The third-order valence-corrected chi connectivity index (χ3v) is 8.14. The van der Waals surface area contributed by atoms with Crippen LogP contribution in [0, 0.1) is 23.7 Å². The zero-order valence-corrected chi connectivity index (χ0v) is 20.1. The molecule has 0 bridgehead atoms. The standard InChI is InChI=1S/C30H36N2O2/c1-22-27(29(33)31-16-12-25(13-17-31)20-23-8-4-2-5-9-23)28(22)30(34)32-18-14-26(15-19-32)21-24-10-6-3-7-11-24/h2-11,25-28H,1,12-21H2/t27-,28?/m0/s1. The van der Waals surface area contributed by atoms with Gasteiger partial charge in [-0.15, -0.1) is 0 Å². The molecule has 2 heterocycles. The second-order valence-electron chi connectivity index (χ2n) is 10.4. The minimum atomic E-state index is -0.291. The Kier molecular flexibility index (Phi) is 6.85. The summed E-state index contributed by atoms with van der Waals surface area (Å²) in [4.78, 5) is 30.3. The molecule has 4 heteroatoms. The van der Waals surface area contributed by atoms with E-state index in [9.17, 15) is 9.59 Å². The van der Waals surface area contributed by atoms with Crippen LogP contribution in [0.25, 0.3) is 0 Å². The predicted octanol–water partition coefficient (Wildman–Crippen LogP) is 4.75. The Morgan fingerprint density at radius 1 is 0.647 bits per heavy atom. The summed E-state index contributed by atoms with van der Waals surface area (Å²) in [5, 5.41) is 0. The molecule has 2 saturated heterocycles. The minimum Gasteiger partial charge on any atom is -0.342 e. The van der Waals surface area contributed by atoms with Crippen molar-refractivity contribution in [2.45, 2.75) is 38.5 Å². The van der Waals surface area contributed by atoms with Crippen molar-refractivity contribution < 1.29 is 9.59 Å². The number of rotatable bonds is 6. The first-order valence-electron chi connectivity index (χ1n) is 12.9. The first-order valence-corrected chi connectivity index (χ1v) is 12.9. The largest absolute Gasteiger partial charge is 0.342 e. The van der Waals surface area contributed by atoms with E-state index in [0.717, 1.165) is 70.3 Å². The highest BCUT2D eigenvalue weighted by atomic mass is 16.2. The molecule has 34 heavy (non-hydrogen) atoms. The molecule has 1 aliphatic carbocycles. The lowest BCUT2D eigenvalue weighted by atomic mass is 9.90. The van der Waals surface area contributed by atoms with Gasteiger partial charge in [0.05, 0.1) is 11.8 Å². The molecule has 2 atom stereocenters. The van der Waals surface area contributed by atoms with Gasteiger partial charge in [-0.1, -0.05) is 72.8 Å². The Balaban J connectivity index is 1.08. The van der Waals surface area contributed by atoms with Gasteiger partial charge in [-0.2, -0.15) is 0 Å². The number of carbonyl (C=O) groups excluding carboxylic acids is 2. The smallest absolute Gasteiger partial charge is 0.230 e. The van der Waals surface area contributed by atoms with Crippen molar-refractivity contribution in [2.75, 3.05) is 26.2 Å². The third kappa shape index (κ3) is 5.11. The van der Waals surface area contributed by atoms with Gasteiger partial charge < -0.3 is 9.80 Å². The van der Waals surface area contributed by atoms with Gasteiger partial charge in [0.25, 0.3) is 0 Å². The van der Waals surface area contributed by atoms with Crippen LogP contribution in [-0.2, 0) is 22.4 Å². The van der Waals surface area contributed by atoms with E-state index >= 15 is 0 Å². The monoisotopic (exact) mass is 456 g/mol. The van der Waals surface area contributed by atoms with E-state index in [1.165, 1.54) is 11.1 Å². The molecule has 2 aromatic rings. The van der Waals surface area contributed by atoms with Gasteiger partial charge in [0.1, 0.15) is 0 Å². The molecule has 4 nitrogen and oxygen atoms in total. The fraction of sp³-hybridized carbons (Fsp3) is 0.467. The molecule has 0 spiro atoms. The Bertz CT molecular complexity index is 921. The van der Waals surface area contributed by atoms with Gasteiger partial charge in [0.15, 0.2) is 0 Å². The van der Waals surface area contributed by atoms with Gasteiger partial charge in [-0.25, -0.2) is 0 Å². The molecule has 0 N–H and O–H groups in total. The summed E-state index contributed by atoms with van der Waals surface area (Å²) < 4.78 is 0. The first kappa shape index (κ1) is 22.9. The molecule has 178 valence electrons. The van der Waals surface area contributed by atoms with E-state index < -0.39 is 0 Å². The first-order chi connectivity index (χ1) is 16.6. The molecule has 2 amide bonds. The topological polar surface area (TPSA) is 40.6 Å². The lowest BCUT2D eigenvalue weighted by molar-refractivity contribution is -0.139. The van der Waals surface area contributed by atoms with Gasteiger partial charge in [0.2, 0.25) is 11.8 Å². The number of hydrogen-bond donors (Lipinski definition) is 0. The van der Waals surface area contributed by atoms with Crippen LogP contribution in [0.2, 0.25) is 0 Å². The third-order valence-electron chi connectivity index (χ3n) is 8.14. The van der Waals surface area contributed by atoms with Crippen molar-refractivity contribution in [2.24, 2.45) is 23.7 Å². The summed E-state index contributed by atoms with van der Waals surface area (Å²) >= 11 is 0. The Morgan fingerprint density at radius 3 is 1.35 bits per heavy atom. The predicted molar refractivity (Wildman–Crippen MR) is 135 cm³/mol. The fourth-order valence-electron chi connectivity index (χ4n) is 5.92. The molecule has 2 aliphatic heterocycles. The zero-order valence-electron chi connectivity index (χ0n) is 20.1. The fourth-order valence-corrected chi connectivity index (χ4v) is 5.92. The number of hydrogen-bond acceptors (Lipinski definition) is 2. The summed E-state index contributed by atoms with van der Waals surface area (Å²) in [6, 6.07) is 21.2. The maximum absolute atomic E-state index is 13.2. The average Bonchev–Trinajstić information content (AvgIpc) is 3.56. The van der Waals surface area contributed by atoms with Crippen molar-refractivity contribution in [1.82, 2.24) is 9.80 Å². The number of amides is 2. The van der Waals surface area contributed by atoms with Crippen molar-refractivity contribution in [3.8, 4) is 0 Å². The quantitative estimate of drug-likeness (QED) is 0.589. The second kappa shape index (κ2) is 10.2. The van der Waals surface area contributed by atoms with Crippen molar-refractivity contribution in [3.05, 3.63) is 83.9 Å². The van der Waals surface area contributed by atoms with Crippen LogP contribution in [0.3, 0.4) is 0 Å². The lowest BCUT2D eigenvalue weighted by Gasteiger charge is -2.33. The Morgan fingerprint density at radius 2 is 1.00 bits per heavy atom. The molecule has 0 radical (unpaired) electrons. The molecule has 1 saturated carbocycles. The van der Waals surface area contributed by atoms with Crippen LogP contribution in [0.15, 0.2) is 72.8 Å². The number of piperidine rings is 2. The molecule has 3 aliphatic rings. The molecular weight excluding hydrogens is 420 g/mol. The summed E-state index contributed by atoms with van der Waals surface area (Å²) in [6.45, 7) is 7.30. The maximum atomic E-state index is 13.2.